The van der Waals surface area contributed by atoms with Crippen LogP contribution in [0, 0.1) is 18.3 Å². The number of hydrogen-bond donors (Lipinski definition) is 0. The van der Waals surface area contributed by atoms with Gasteiger partial charge in [-0.3, -0.25) is 4.98 Å². The molecule has 0 saturated heterocycles. The fourth-order valence-corrected chi connectivity index (χ4v) is 0.599. The zero-order valence-electron chi connectivity index (χ0n) is 9.83. The van der Waals surface area contributed by atoms with Gasteiger partial charge < -0.3 is 0 Å². The molecule has 0 atom stereocenters. The molecule has 0 amide bonds. The van der Waals surface area contributed by atoms with Crippen molar-refractivity contribution in [3.05, 3.63) is 29.6 Å². The Hall–Kier alpha value is -1.36. The Kier molecular flexibility index (Phi) is 12.6. The molecule has 0 spiro atoms. The number of nitriles is 1. The van der Waals surface area contributed by atoms with Gasteiger partial charge in [0.05, 0.1) is 11.6 Å². The molecule has 2 nitrogen and oxygen atoms in total. The molecule has 0 aliphatic carbocycles. The zero-order valence-corrected chi connectivity index (χ0v) is 9.83. The molecule has 0 N–H and O–H groups in total. The third kappa shape index (κ3) is 7.30. The van der Waals surface area contributed by atoms with Crippen LogP contribution < -0.4 is 0 Å². The first-order valence-corrected chi connectivity index (χ1v) is 5.06. The standard InChI is InChI=1S/C7H6N2.C3H8.C2H6/c1-6-5-9-3-2-7(6)4-8;1-3-2;1-2/h2-3,5H,1H3;3H2,1-2H3;1-2H3. The monoisotopic (exact) mass is 192 g/mol. The number of aryl methyl sites for hydroxylation is 1. The van der Waals surface area contributed by atoms with Crippen LogP contribution in [0.15, 0.2) is 18.5 Å². The Bertz CT molecular complexity index is 261. The summed E-state index contributed by atoms with van der Waals surface area (Å²) in [6.45, 7) is 10.1. The normalized spacial score (nSPS) is 7.14. The van der Waals surface area contributed by atoms with Crippen LogP contribution in [0.5, 0.6) is 0 Å². The summed E-state index contributed by atoms with van der Waals surface area (Å²) in [7, 11) is 0. The van der Waals surface area contributed by atoms with E-state index in [-0.39, 0.29) is 0 Å². The van der Waals surface area contributed by atoms with E-state index in [9.17, 15) is 0 Å². The highest BCUT2D eigenvalue weighted by molar-refractivity contribution is 5.33. The summed E-state index contributed by atoms with van der Waals surface area (Å²) < 4.78 is 0. The predicted octanol–water partition coefficient (Wildman–Crippen LogP) is 3.70. The number of hydrogen-bond acceptors (Lipinski definition) is 2. The first kappa shape index (κ1) is 15.1. The average molecular weight is 192 g/mol. The molecule has 0 bridgehead atoms. The molecule has 0 saturated carbocycles. The topological polar surface area (TPSA) is 36.7 Å². The summed E-state index contributed by atoms with van der Waals surface area (Å²) in [6, 6.07) is 3.76. The summed E-state index contributed by atoms with van der Waals surface area (Å²) in [6.07, 6.45) is 4.55. The van der Waals surface area contributed by atoms with Crippen molar-refractivity contribution in [1.29, 1.82) is 5.26 Å². The number of nitrogens with zero attached hydrogens (tertiary/aromatic N) is 2. The van der Waals surface area contributed by atoms with E-state index in [2.05, 4.69) is 24.9 Å². The lowest BCUT2D eigenvalue weighted by Crippen LogP contribution is -1.80. The number of pyridine rings is 1. The van der Waals surface area contributed by atoms with Gasteiger partial charge in [0.1, 0.15) is 0 Å². The van der Waals surface area contributed by atoms with Crippen LogP contribution in [0.2, 0.25) is 0 Å². The second-order valence-corrected chi connectivity index (χ2v) is 2.51. The molecule has 1 rings (SSSR count). The number of aromatic nitrogens is 1. The van der Waals surface area contributed by atoms with Crippen molar-refractivity contribution in [2.45, 2.75) is 41.0 Å². The SMILES string of the molecule is CC.CCC.Cc1cnccc1C#N. The van der Waals surface area contributed by atoms with Gasteiger partial charge in [-0.05, 0) is 18.6 Å². The van der Waals surface area contributed by atoms with E-state index in [1.807, 2.05) is 20.8 Å². The van der Waals surface area contributed by atoms with Gasteiger partial charge in [-0.2, -0.15) is 5.26 Å². The third-order valence-corrected chi connectivity index (χ3v) is 1.14. The first-order chi connectivity index (χ1) is 6.76. The molecule has 2 heteroatoms. The van der Waals surface area contributed by atoms with Crippen molar-refractivity contribution in [1.82, 2.24) is 4.98 Å². The minimum Gasteiger partial charge on any atom is -0.264 e. The molecular weight excluding hydrogens is 172 g/mol. The highest BCUT2D eigenvalue weighted by Crippen LogP contribution is 2.00. The summed E-state index contributed by atoms with van der Waals surface area (Å²) in [5, 5.41) is 8.44. The van der Waals surface area contributed by atoms with Crippen molar-refractivity contribution >= 4 is 0 Å². The molecule has 1 aromatic heterocycles. The van der Waals surface area contributed by atoms with Crippen LogP contribution >= 0.6 is 0 Å². The molecule has 0 aliphatic rings. The second kappa shape index (κ2) is 11.6. The maximum Gasteiger partial charge on any atom is 0.0995 e. The Morgan fingerprint density at radius 3 is 2.14 bits per heavy atom. The maximum absolute atomic E-state index is 8.44. The highest BCUT2D eigenvalue weighted by Gasteiger charge is 1.91. The van der Waals surface area contributed by atoms with Crippen LogP contribution in [0.1, 0.15) is 45.2 Å². The predicted molar refractivity (Wildman–Crippen MR) is 61.0 cm³/mol. The molecule has 78 valence electrons. The fourth-order valence-electron chi connectivity index (χ4n) is 0.599. The van der Waals surface area contributed by atoms with E-state index in [0.29, 0.717) is 5.56 Å². The summed E-state index contributed by atoms with van der Waals surface area (Å²) >= 11 is 0. The van der Waals surface area contributed by atoms with Crippen LogP contribution in [0.4, 0.5) is 0 Å². The summed E-state index contributed by atoms with van der Waals surface area (Å²) in [4.78, 5) is 3.84. The van der Waals surface area contributed by atoms with Crippen molar-refractivity contribution in [2.24, 2.45) is 0 Å². The maximum atomic E-state index is 8.44. The van der Waals surface area contributed by atoms with Crippen molar-refractivity contribution < 1.29 is 0 Å². The smallest absolute Gasteiger partial charge is 0.0995 e. The lowest BCUT2D eigenvalue weighted by molar-refractivity contribution is 1.09. The molecule has 14 heavy (non-hydrogen) atoms. The van der Waals surface area contributed by atoms with E-state index in [1.165, 1.54) is 6.42 Å². The van der Waals surface area contributed by atoms with E-state index >= 15 is 0 Å². The lowest BCUT2D eigenvalue weighted by atomic mass is 10.2. The number of rotatable bonds is 0. The fraction of sp³-hybridized carbons (Fsp3) is 0.500. The Morgan fingerprint density at radius 2 is 1.86 bits per heavy atom. The first-order valence-electron chi connectivity index (χ1n) is 5.06. The second-order valence-electron chi connectivity index (χ2n) is 2.51. The van der Waals surface area contributed by atoms with Gasteiger partial charge in [0.15, 0.2) is 0 Å². The van der Waals surface area contributed by atoms with Crippen molar-refractivity contribution in [2.75, 3.05) is 0 Å². The van der Waals surface area contributed by atoms with Crippen molar-refractivity contribution in [3.8, 4) is 6.07 Å². The van der Waals surface area contributed by atoms with E-state index in [0.717, 1.165) is 5.56 Å². The molecule has 1 aromatic rings. The van der Waals surface area contributed by atoms with Gasteiger partial charge in [0.2, 0.25) is 0 Å². The van der Waals surface area contributed by atoms with Gasteiger partial charge in [-0.15, -0.1) is 0 Å². The molecule has 0 aromatic carbocycles. The van der Waals surface area contributed by atoms with Crippen LogP contribution in [0.3, 0.4) is 0 Å². The zero-order chi connectivity index (χ0) is 11.4. The average Bonchev–Trinajstić information content (AvgIpc) is 2.23. The minimum atomic E-state index is 0.699. The van der Waals surface area contributed by atoms with Crippen LogP contribution in [0.25, 0.3) is 0 Å². The largest absolute Gasteiger partial charge is 0.264 e. The lowest BCUT2D eigenvalue weighted by Gasteiger charge is -1.90. The van der Waals surface area contributed by atoms with Gasteiger partial charge in [-0.1, -0.05) is 34.1 Å². The van der Waals surface area contributed by atoms with Gasteiger partial charge in [0.25, 0.3) is 0 Å². The summed E-state index contributed by atoms with van der Waals surface area (Å²) in [5.41, 5.74) is 1.63. The summed E-state index contributed by atoms with van der Waals surface area (Å²) in [5.74, 6) is 0. The van der Waals surface area contributed by atoms with E-state index < -0.39 is 0 Å². The Balaban J connectivity index is 0. The van der Waals surface area contributed by atoms with Gasteiger partial charge in [-0.25, -0.2) is 0 Å². The Labute approximate surface area is 87.6 Å². The molecule has 1 heterocycles. The Morgan fingerprint density at radius 1 is 1.36 bits per heavy atom. The molecule has 0 fully saturated rings. The molecule has 0 unspecified atom stereocenters. The highest BCUT2D eigenvalue weighted by atomic mass is 14.6. The van der Waals surface area contributed by atoms with Crippen molar-refractivity contribution in [3.63, 3.8) is 0 Å². The molecule has 0 aliphatic heterocycles. The molecule has 0 radical (unpaired) electrons. The van der Waals surface area contributed by atoms with E-state index in [1.54, 1.807) is 18.5 Å². The van der Waals surface area contributed by atoms with Gasteiger partial charge in [0, 0.05) is 12.4 Å². The van der Waals surface area contributed by atoms with E-state index in [4.69, 9.17) is 5.26 Å². The minimum absolute atomic E-state index is 0.699. The molecular formula is C12H20N2. The quantitative estimate of drug-likeness (QED) is 0.628. The third-order valence-electron chi connectivity index (χ3n) is 1.14. The van der Waals surface area contributed by atoms with Gasteiger partial charge >= 0.3 is 0 Å². The van der Waals surface area contributed by atoms with Crippen LogP contribution in [-0.4, -0.2) is 4.98 Å². The van der Waals surface area contributed by atoms with Crippen LogP contribution in [-0.2, 0) is 0 Å².